The summed E-state index contributed by atoms with van der Waals surface area (Å²) >= 11 is 0. The Hall–Kier alpha value is -3.83. The van der Waals surface area contributed by atoms with Gasteiger partial charge in [0.25, 0.3) is 5.91 Å². The van der Waals surface area contributed by atoms with Gasteiger partial charge in [-0.05, 0) is 51.6 Å². The van der Waals surface area contributed by atoms with Gasteiger partial charge in [-0.15, -0.1) is 0 Å². The highest BCUT2D eigenvalue weighted by atomic mass is 19.1. The number of halogens is 1. The molecule has 0 spiro atoms. The fourth-order valence-corrected chi connectivity index (χ4v) is 5.61. The van der Waals surface area contributed by atoms with Gasteiger partial charge >= 0.3 is 6.01 Å². The predicted octanol–water partition coefficient (Wildman–Crippen LogP) is 3.85. The number of carbonyl (C=O) groups excluding carboxylic acids is 1. The second kappa shape index (κ2) is 10.6. The molecule has 210 valence electrons. The lowest BCUT2D eigenvalue weighted by molar-refractivity contribution is 0.102. The minimum Gasteiger partial charge on any atom is -0.463 e. The quantitative estimate of drug-likeness (QED) is 0.389. The Labute approximate surface area is 232 Å². The van der Waals surface area contributed by atoms with Crippen LogP contribution >= 0.6 is 0 Å². The highest BCUT2D eigenvalue weighted by Crippen LogP contribution is 2.32. The van der Waals surface area contributed by atoms with Crippen molar-refractivity contribution in [2.75, 3.05) is 50.2 Å². The first-order chi connectivity index (χ1) is 19.3. The highest BCUT2D eigenvalue weighted by Gasteiger charge is 2.29. The number of nitrogens with one attached hydrogen (secondary N) is 1. The zero-order chi connectivity index (χ0) is 28.0. The van der Waals surface area contributed by atoms with Crippen LogP contribution < -0.4 is 15.0 Å². The second-order valence-corrected chi connectivity index (χ2v) is 11.0. The van der Waals surface area contributed by atoms with E-state index in [1.165, 1.54) is 6.07 Å². The van der Waals surface area contributed by atoms with Gasteiger partial charge in [0.1, 0.15) is 5.52 Å². The van der Waals surface area contributed by atoms with Crippen molar-refractivity contribution >= 4 is 39.1 Å². The number of likely N-dealkylation sites (N-methyl/N-ethyl adjacent to an activating group) is 1. The van der Waals surface area contributed by atoms with Crippen LogP contribution in [-0.2, 0) is 11.8 Å². The molecule has 2 aromatic carbocycles. The van der Waals surface area contributed by atoms with Crippen LogP contribution in [0.5, 0.6) is 6.01 Å². The van der Waals surface area contributed by atoms with Crippen LogP contribution in [0.15, 0.2) is 36.7 Å². The van der Waals surface area contributed by atoms with E-state index in [4.69, 9.17) is 14.5 Å². The maximum absolute atomic E-state index is 14.7. The Morgan fingerprint density at radius 1 is 1.18 bits per heavy atom. The number of piperazine rings is 1. The van der Waals surface area contributed by atoms with Gasteiger partial charge in [-0.1, -0.05) is 0 Å². The van der Waals surface area contributed by atoms with Gasteiger partial charge in [0.2, 0.25) is 0 Å². The summed E-state index contributed by atoms with van der Waals surface area (Å²) in [4.78, 5) is 27.5. The molecule has 2 aliphatic heterocycles. The molecule has 2 aromatic heterocycles. The summed E-state index contributed by atoms with van der Waals surface area (Å²) < 4.78 is 27.6. The Morgan fingerprint density at radius 2 is 1.98 bits per heavy atom. The van der Waals surface area contributed by atoms with Gasteiger partial charge in [-0.3, -0.25) is 14.4 Å². The summed E-state index contributed by atoms with van der Waals surface area (Å²) in [6.07, 6.45) is 4.38. The summed E-state index contributed by atoms with van der Waals surface area (Å²) in [5, 5.41) is 8.36. The largest absolute Gasteiger partial charge is 0.463 e. The molecule has 0 saturated carbocycles. The van der Waals surface area contributed by atoms with Crippen molar-refractivity contribution in [3.05, 3.63) is 48.0 Å². The van der Waals surface area contributed by atoms with E-state index in [-0.39, 0.29) is 11.5 Å². The second-order valence-electron chi connectivity index (χ2n) is 11.0. The number of nitrogens with zero attached hydrogens (tertiary/aromatic N) is 6. The van der Waals surface area contributed by atoms with Crippen LogP contribution in [0.25, 0.3) is 21.8 Å². The molecule has 1 N–H and O–H groups in total. The Balaban J connectivity index is 1.36. The van der Waals surface area contributed by atoms with Gasteiger partial charge in [-0.25, -0.2) is 9.37 Å². The molecule has 6 rings (SSSR count). The van der Waals surface area contributed by atoms with Gasteiger partial charge in [0.15, 0.2) is 5.82 Å². The van der Waals surface area contributed by atoms with E-state index in [9.17, 15) is 9.18 Å². The number of aryl methyl sites for hydroxylation is 1. The fourth-order valence-electron chi connectivity index (χ4n) is 5.61. The molecular weight excluding hydrogens is 513 g/mol. The van der Waals surface area contributed by atoms with E-state index in [2.05, 4.69) is 46.1 Å². The van der Waals surface area contributed by atoms with Gasteiger partial charge in [0, 0.05) is 79.3 Å². The molecule has 3 atom stereocenters. The smallest absolute Gasteiger partial charge is 0.316 e. The lowest BCUT2D eigenvalue weighted by Gasteiger charge is -2.43. The Morgan fingerprint density at radius 3 is 2.73 bits per heavy atom. The zero-order valence-electron chi connectivity index (χ0n) is 23.2. The summed E-state index contributed by atoms with van der Waals surface area (Å²) in [5.74, 6) is -0.604. The molecule has 4 aromatic rings. The number of anilines is 2. The zero-order valence-corrected chi connectivity index (χ0v) is 23.2. The highest BCUT2D eigenvalue weighted by molar-refractivity contribution is 6.14. The van der Waals surface area contributed by atoms with Crippen molar-refractivity contribution in [2.24, 2.45) is 13.0 Å². The van der Waals surface area contributed by atoms with Crippen LogP contribution in [-0.4, -0.2) is 82.6 Å². The topological polar surface area (TPSA) is 97.6 Å². The number of aromatic nitrogens is 4. The van der Waals surface area contributed by atoms with Crippen LogP contribution in [0.1, 0.15) is 30.6 Å². The van der Waals surface area contributed by atoms with Gasteiger partial charge in [0.05, 0.1) is 24.3 Å². The maximum atomic E-state index is 14.7. The van der Waals surface area contributed by atoms with Crippen LogP contribution in [0.4, 0.5) is 15.8 Å². The standard InChI is InChI=1S/C29H34FN7O3/c1-17-12-37(13-18(2)36(17)4)25-6-5-22(27-23(25)11-31-29(33-27)40-16-19-7-8-39-15-19)28(38)32-21-9-20-14-35(3)34-26(20)24(30)10-21/h5-6,9-11,14,17-19H,7-8,12-13,15-16H2,1-4H3,(H,32,38)/t17-,18+,19-/m0/s1. The number of hydrogen-bond acceptors (Lipinski definition) is 8. The van der Waals surface area contributed by atoms with Crippen molar-refractivity contribution in [2.45, 2.75) is 32.4 Å². The molecule has 2 saturated heterocycles. The molecule has 0 bridgehead atoms. The average molecular weight is 548 g/mol. The minimum atomic E-state index is -0.499. The third-order valence-electron chi connectivity index (χ3n) is 8.06. The summed E-state index contributed by atoms with van der Waals surface area (Å²) in [5.41, 5.74) is 2.42. The fraction of sp³-hybridized carbons (Fsp3) is 0.448. The molecule has 0 unspecified atom stereocenters. The first-order valence-electron chi connectivity index (χ1n) is 13.7. The number of amides is 1. The van der Waals surface area contributed by atoms with Crippen molar-refractivity contribution in [1.82, 2.24) is 24.6 Å². The monoisotopic (exact) mass is 547 g/mol. The minimum absolute atomic E-state index is 0.216. The van der Waals surface area contributed by atoms with E-state index in [1.54, 1.807) is 36.3 Å². The number of carbonyl (C=O) groups is 1. The first kappa shape index (κ1) is 26.4. The lowest BCUT2D eigenvalue weighted by atomic mass is 10.0. The van der Waals surface area contributed by atoms with E-state index in [1.807, 2.05) is 6.07 Å². The van der Waals surface area contributed by atoms with Gasteiger partial charge in [-0.2, -0.15) is 10.1 Å². The van der Waals surface area contributed by atoms with Crippen LogP contribution in [0.3, 0.4) is 0 Å². The van der Waals surface area contributed by atoms with E-state index >= 15 is 0 Å². The van der Waals surface area contributed by atoms with Crippen molar-refractivity contribution in [1.29, 1.82) is 0 Å². The van der Waals surface area contributed by atoms with Gasteiger partial charge < -0.3 is 19.7 Å². The molecule has 4 heterocycles. The third kappa shape index (κ3) is 5.06. The van der Waals surface area contributed by atoms with Crippen molar-refractivity contribution < 1.29 is 18.7 Å². The lowest BCUT2D eigenvalue weighted by Crippen LogP contribution is -2.55. The number of ether oxygens (including phenoxy) is 2. The molecule has 11 heteroatoms. The van der Waals surface area contributed by atoms with Crippen LogP contribution in [0, 0.1) is 11.7 Å². The molecule has 0 radical (unpaired) electrons. The number of rotatable bonds is 6. The molecular formula is C29H34FN7O3. The van der Waals surface area contributed by atoms with Crippen LogP contribution in [0.2, 0.25) is 0 Å². The van der Waals surface area contributed by atoms with Crippen molar-refractivity contribution in [3.63, 3.8) is 0 Å². The first-order valence-corrected chi connectivity index (χ1v) is 13.7. The summed E-state index contributed by atoms with van der Waals surface area (Å²) in [6, 6.07) is 7.65. The average Bonchev–Trinajstić information content (AvgIpc) is 3.59. The number of fused-ring (bicyclic) bond motifs is 2. The summed E-state index contributed by atoms with van der Waals surface area (Å²) in [7, 11) is 3.87. The molecule has 10 nitrogen and oxygen atoms in total. The number of hydrogen-bond donors (Lipinski definition) is 1. The van der Waals surface area contributed by atoms with E-state index in [0.29, 0.717) is 53.4 Å². The normalized spacial score (nSPS) is 21.8. The molecule has 0 aliphatic carbocycles. The Bertz CT molecular complexity index is 1560. The maximum Gasteiger partial charge on any atom is 0.316 e. The van der Waals surface area contributed by atoms with Crippen molar-refractivity contribution in [3.8, 4) is 6.01 Å². The molecule has 40 heavy (non-hydrogen) atoms. The molecule has 2 fully saturated rings. The van der Waals surface area contributed by atoms with E-state index in [0.717, 1.165) is 37.2 Å². The van der Waals surface area contributed by atoms with E-state index < -0.39 is 11.7 Å². The summed E-state index contributed by atoms with van der Waals surface area (Å²) in [6.45, 7) is 7.93. The number of benzene rings is 2. The predicted molar refractivity (Wildman–Crippen MR) is 151 cm³/mol. The molecule has 1 amide bonds. The third-order valence-corrected chi connectivity index (χ3v) is 8.06. The molecule has 2 aliphatic rings. The SMILES string of the molecule is C[C@@H]1CN(c2ccc(C(=O)Nc3cc(F)c4nn(C)cc4c3)c3nc(OC[C@H]4CCOC4)ncc23)C[C@H](C)N1C. The Kier molecular flexibility index (Phi) is 7.01.